The van der Waals surface area contributed by atoms with Crippen molar-refractivity contribution in [3.63, 3.8) is 0 Å². The number of pyridine rings is 1. The summed E-state index contributed by atoms with van der Waals surface area (Å²) in [6.45, 7) is 2.86. The zero-order valence-corrected chi connectivity index (χ0v) is 8.25. The van der Waals surface area contributed by atoms with Crippen molar-refractivity contribution in [1.29, 1.82) is 0 Å². The quantitative estimate of drug-likeness (QED) is 0.504. The van der Waals surface area contributed by atoms with Crippen molar-refractivity contribution in [2.75, 3.05) is 0 Å². The monoisotopic (exact) mass is 224 g/mol. The molecule has 0 saturated heterocycles. The molecule has 1 heterocycles. The Morgan fingerprint density at radius 3 is 2.19 bits per heavy atom. The Morgan fingerprint density at radius 1 is 1.19 bits per heavy atom. The largest absolute Gasteiger partial charge is 0.508 e. The summed E-state index contributed by atoms with van der Waals surface area (Å²) < 4.78 is 1.16. The molecule has 0 fully saturated rings. The number of hydrogen-bond donors (Lipinski definition) is 3. The minimum Gasteiger partial charge on any atom is -0.508 e. The second-order valence-electron chi connectivity index (χ2n) is 3.13. The molecule has 0 atom stereocenters. The molecule has 0 unspecified atom stereocenters. The molecule has 0 bridgehead atoms. The third-order valence-corrected chi connectivity index (χ3v) is 1.82. The van der Waals surface area contributed by atoms with Gasteiger partial charge >= 0.3 is 11.9 Å². The normalized spacial score (nSPS) is 9.75. The predicted molar refractivity (Wildman–Crippen MR) is 52.9 cm³/mol. The number of aromatic carboxylic acids is 1. The van der Waals surface area contributed by atoms with Crippen LogP contribution >= 0.6 is 0 Å². The summed E-state index contributed by atoms with van der Waals surface area (Å²) >= 11 is 0. The number of aliphatic hydroxyl groups excluding tert-OH is 1. The summed E-state index contributed by atoms with van der Waals surface area (Å²) in [4.78, 5) is 21.2. The Balaban J connectivity index is 3.23. The molecule has 0 aliphatic heterocycles. The number of aliphatic hydroxyl groups is 1. The number of carboxylic acids is 2. The number of aliphatic carboxylic acids is 1. The first-order valence-corrected chi connectivity index (χ1v) is 4.27. The third kappa shape index (κ3) is 2.81. The van der Waals surface area contributed by atoms with Crippen LogP contribution in [0.3, 0.4) is 0 Å². The minimum absolute atomic E-state index is 0.117. The lowest BCUT2D eigenvalue weighted by Gasteiger charge is -2.00. The van der Waals surface area contributed by atoms with Gasteiger partial charge in [-0.15, -0.1) is 0 Å². The first-order chi connectivity index (χ1) is 7.40. The maximum absolute atomic E-state index is 10.7. The second kappa shape index (κ2) is 4.43. The first kappa shape index (κ1) is 11.7. The molecule has 84 valence electrons. The van der Waals surface area contributed by atoms with Crippen molar-refractivity contribution in [3.8, 4) is 0 Å². The van der Waals surface area contributed by atoms with Crippen molar-refractivity contribution in [2.45, 2.75) is 6.54 Å². The number of carbonyl (C=O) groups is 2. The summed E-state index contributed by atoms with van der Waals surface area (Å²) in [5, 5.41) is 26.5. The molecule has 0 aliphatic carbocycles. The van der Waals surface area contributed by atoms with Gasteiger partial charge in [0.05, 0.1) is 5.56 Å². The summed E-state index contributed by atoms with van der Waals surface area (Å²) in [5.41, 5.74) is 0.0510. The molecule has 3 N–H and O–H groups in total. The van der Waals surface area contributed by atoms with Gasteiger partial charge in [0.1, 0.15) is 11.3 Å². The number of rotatable bonds is 4. The van der Waals surface area contributed by atoms with E-state index < -0.39 is 11.9 Å². The van der Waals surface area contributed by atoms with E-state index in [1.165, 1.54) is 18.5 Å². The van der Waals surface area contributed by atoms with E-state index in [0.29, 0.717) is 0 Å². The van der Waals surface area contributed by atoms with Crippen LogP contribution < -0.4 is 4.57 Å². The van der Waals surface area contributed by atoms with Crippen LogP contribution in [0.2, 0.25) is 0 Å². The molecule has 6 heteroatoms. The fourth-order valence-electron chi connectivity index (χ4n) is 1.16. The summed E-state index contributed by atoms with van der Waals surface area (Å²) in [6, 6.07) is 1.21. The molecular formula is C10H10NO5+. The van der Waals surface area contributed by atoms with Gasteiger partial charge in [-0.2, -0.15) is 4.57 Å². The van der Waals surface area contributed by atoms with E-state index in [1.54, 1.807) is 0 Å². The van der Waals surface area contributed by atoms with E-state index in [-0.39, 0.29) is 23.4 Å². The van der Waals surface area contributed by atoms with Crippen LogP contribution in [0.5, 0.6) is 0 Å². The molecule has 1 aromatic rings. The van der Waals surface area contributed by atoms with Crippen LogP contribution in [0, 0.1) is 0 Å². The van der Waals surface area contributed by atoms with Crippen LogP contribution in [-0.2, 0) is 11.3 Å². The highest BCUT2D eigenvalue weighted by atomic mass is 16.4. The lowest BCUT2D eigenvalue weighted by atomic mass is 10.2. The van der Waals surface area contributed by atoms with Crippen LogP contribution in [0.25, 0.3) is 5.76 Å². The summed E-state index contributed by atoms with van der Waals surface area (Å²) in [7, 11) is 0. The Labute approximate surface area is 90.7 Å². The van der Waals surface area contributed by atoms with Gasteiger partial charge in [-0.1, -0.05) is 6.58 Å². The molecule has 0 aliphatic rings. The summed E-state index contributed by atoms with van der Waals surface area (Å²) in [6.07, 6.45) is 2.48. The lowest BCUT2D eigenvalue weighted by molar-refractivity contribution is -0.686. The number of nitrogens with zero attached hydrogens (tertiary/aromatic N) is 1. The fraction of sp³-hybridized carbons (Fsp3) is 0.100. The highest BCUT2D eigenvalue weighted by Gasteiger charge is 2.16. The molecule has 1 aromatic heterocycles. The van der Waals surface area contributed by atoms with Gasteiger partial charge in [-0.25, -0.2) is 9.59 Å². The van der Waals surface area contributed by atoms with Gasteiger partial charge in [0.25, 0.3) is 0 Å². The molecule has 0 radical (unpaired) electrons. The van der Waals surface area contributed by atoms with Crippen LogP contribution in [0.15, 0.2) is 25.0 Å². The smallest absolute Gasteiger partial charge is 0.370 e. The van der Waals surface area contributed by atoms with Crippen LogP contribution in [0.1, 0.15) is 15.9 Å². The summed E-state index contributed by atoms with van der Waals surface area (Å²) in [5.74, 6) is -2.63. The third-order valence-electron chi connectivity index (χ3n) is 1.82. The van der Waals surface area contributed by atoms with E-state index in [0.717, 1.165) is 4.57 Å². The molecule has 0 saturated carbocycles. The SMILES string of the molecule is C=C(O)c1cc(C(=O)O)c[n+](CC(=O)O)c1. The topological polar surface area (TPSA) is 98.7 Å². The zero-order chi connectivity index (χ0) is 12.3. The van der Waals surface area contributed by atoms with Gasteiger partial charge in [-0.05, 0) is 6.07 Å². The first-order valence-electron chi connectivity index (χ1n) is 4.27. The highest BCUT2D eigenvalue weighted by molar-refractivity contribution is 5.87. The van der Waals surface area contributed by atoms with E-state index >= 15 is 0 Å². The predicted octanol–water partition coefficient (Wildman–Crippen LogP) is 0.286. The van der Waals surface area contributed by atoms with Gasteiger partial charge in [0.15, 0.2) is 12.4 Å². The number of hydrogen-bond acceptors (Lipinski definition) is 3. The molecule has 0 amide bonds. The standard InChI is InChI=1S/C10H9NO5/c1-6(12)7-2-8(10(15)16)4-11(3-7)5-9(13)14/h2-4H,1,5H2,(H2-,12,13,14,15,16)/p+1. The molecule has 6 nitrogen and oxygen atoms in total. The van der Waals surface area contributed by atoms with Crippen molar-refractivity contribution in [1.82, 2.24) is 0 Å². The van der Waals surface area contributed by atoms with E-state index in [9.17, 15) is 9.59 Å². The van der Waals surface area contributed by atoms with E-state index in [1.807, 2.05) is 0 Å². The lowest BCUT2D eigenvalue weighted by Crippen LogP contribution is -2.38. The second-order valence-corrected chi connectivity index (χ2v) is 3.13. The van der Waals surface area contributed by atoms with Gasteiger partial charge < -0.3 is 15.3 Å². The van der Waals surface area contributed by atoms with Crippen molar-refractivity contribution in [3.05, 3.63) is 36.2 Å². The zero-order valence-electron chi connectivity index (χ0n) is 8.25. The number of carboxylic acid groups (broad SMARTS) is 2. The molecule has 0 aromatic carbocycles. The van der Waals surface area contributed by atoms with Crippen LogP contribution in [-0.4, -0.2) is 27.3 Å². The van der Waals surface area contributed by atoms with Crippen molar-refractivity contribution in [2.24, 2.45) is 0 Å². The van der Waals surface area contributed by atoms with E-state index in [4.69, 9.17) is 15.3 Å². The average molecular weight is 224 g/mol. The van der Waals surface area contributed by atoms with Gasteiger partial charge in [0, 0.05) is 0 Å². The maximum atomic E-state index is 10.7. The number of aromatic nitrogens is 1. The maximum Gasteiger partial charge on any atom is 0.370 e. The minimum atomic E-state index is -1.21. The van der Waals surface area contributed by atoms with Gasteiger partial charge in [-0.3, -0.25) is 0 Å². The van der Waals surface area contributed by atoms with Crippen molar-refractivity contribution >= 4 is 17.7 Å². The van der Waals surface area contributed by atoms with Crippen molar-refractivity contribution < 1.29 is 29.5 Å². The fourth-order valence-corrected chi connectivity index (χ4v) is 1.16. The van der Waals surface area contributed by atoms with Gasteiger partial charge in [0.2, 0.25) is 6.54 Å². The Kier molecular flexibility index (Phi) is 3.24. The Morgan fingerprint density at radius 2 is 1.75 bits per heavy atom. The molecule has 0 spiro atoms. The Bertz CT molecular complexity index is 434. The van der Waals surface area contributed by atoms with E-state index in [2.05, 4.69) is 6.58 Å². The highest BCUT2D eigenvalue weighted by Crippen LogP contribution is 2.08. The molecule has 16 heavy (non-hydrogen) atoms. The van der Waals surface area contributed by atoms with Crippen LogP contribution in [0.4, 0.5) is 0 Å². The molecule has 1 rings (SSSR count). The molecular weight excluding hydrogens is 214 g/mol. The average Bonchev–Trinajstić information content (AvgIpc) is 2.15. The Hall–Kier alpha value is -2.37.